The molecule has 2 fully saturated rings. The number of halogens is 1. The number of guanidine groups is 1. The maximum atomic E-state index is 4.85. The molecule has 136 valence electrons. The van der Waals surface area contributed by atoms with Crippen molar-refractivity contribution in [1.82, 2.24) is 20.7 Å². The first kappa shape index (κ1) is 19.5. The van der Waals surface area contributed by atoms with Gasteiger partial charge in [-0.15, -0.1) is 24.0 Å². The standard InChI is InChI=1S/C17H29N5O.HI/c1-2-18-17(19-13-15-9-12-23-21-15)20-14-7-10-22(11-8-14)16-5-3-4-6-16;/h9,12,14,16H,2-8,10-11,13H2,1H3,(H2,18,19,20);1H. The zero-order chi connectivity index (χ0) is 15.9. The highest BCUT2D eigenvalue weighted by atomic mass is 127. The molecule has 0 radical (unpaired) electrons. The molecule has 1 aliphatic carbocycles. The molecule has 1 aliphatic heterocycles. The summed E-state index contributed by atoms with van der Waals surface area (Å²) in [6, 6.07) is 3.22. The van der Waals surface area contributed by atoms with Gasteiger partial charge < -0.3 is 20.1 Å². The molecule has 6 nitrogen and oxygen atoms in total. The van der Waals surface area contributed by atoms with Gasteiger partial charge in [0.15, 0.2) is 5.96 Å². The number of piperidine rings is 1. The van der Waals surface area contributed by atoms with Crippen molar-refractivity contribution in [2.24, 2.45) is 4.99 Å². The molecular weight excluding hydrogens is 417 g/mol. The maximum Gasteiger partial charge on any atom is 0.191 e. The van der Waals surface area contributed by atoms with Crippen LogP contribution in [0.3, 0.4) is 0 Å². The fraction of sp³-hybridized carbons (Fsp3) is 0.765. The van der Waals surface area contributed by atoms with Crippen LogP contribution in [0.15, 0.2) is 21.8 Å². The van der Waals surface area contributed by atoms with Crippen LogP contribution in [0.1, 0.15) is 51.1 Å². The predicted molar refractivity (Wildman–Crippen MR) is 107 cm³/mol. The molecule has 2 aliphatic rings. The largest absolute Gasteiger partial charge is 0.364 e. The Morgan fingerprint density at radius 2 is 2.04 bits per heavy atom. The second kappa shape index (κ2) is 10.2. The number of nitrogens with one attached hydrogen (secondary N) is 2. The van der Waals surface area contributed by atoms with Gasteiger partial charge >= 0.3 is 0 Å². The monoisotopic (exact) mass is 447 g/mol. The van der Waals surface area contributed by atoms with Gasteiger partial charge in [-0.05, 0) is 32.6 Å². The highest BCUT2D eigenvalue weighted by Gasteiger charge is 2.27. The minimum absolute atomic E-state index is 0. The van der Waals surface area contributed by atoms with Crippen molar-refractivity contribution in [1.29, 1.82) is 0 Å². The molecule has 1 saturated heterocycles. The number of hydrogen-bond acceptors (Lipinski definition) is 4. The first-order valence-corrected chi connectivity index (χ1v) is 9.03. The lowest BCUT2D eigenvalue weighted by Gasteiger charge is -2.36. The second-order valence-corrected chi connectivity index (χ2v) is 6.58. The van der Waals surface area contributed by atoms with Crippen LogP contribution in [0.2, 0.25) is 0 Å². The van der Waals surface area contributed by atoms with Gasteiger partial charge in [-0.2, -0.15) is 0 Å². The summed E-state index contributed by atoms with van der Waals surface area (Å²) in [7, 11) is 0. The van der Waals surface area contributed by atoms with E-state index in [1.54, 1.807) is 6.26 Å². The van der Waals surface area contributed by atoms with Crippen LogP contribution in [0.5, 0.6) is 0 Å². The van der Waals surface area contributed by atoms with Crippen molar-refractivity contribution in [3.8, 4) is 0 Å². The van der Waals surface area contributed by atoms with Crippen LogP contribution < -0.4 is 10.6 Å². The highest BCUT2D eigenvalue weighted by molar-refractivity contribution is 14.0. The van der Waals surface area contributed by atoms with Crippen molar-refractivity contribution in [2.45, 2.75) is 64.1 Å². The summed E-state index contributed by atoms with van der Waals surface area (Å²) in [5, 5.41) is 10.8. The Bertz CT molecular complexity index is 479. The van der Waals surface area contributed by atoms with E-state index in [0.717, 1.165) is 24.2 Å². The quantitative estimate of drug-likeness (QED) is 0.413. The summed E-state index contributed by atoms with van der Waals surface area (Å²) < 4.78 is 4.85. The zero-order valence-electron chi connectivity index (χ0n) is 14.5. The van der Waals surface area contributed by atoms with E-state index >= 15 is 0 Å². The normalized spacial score (nSPS) is 20.8. The Morgan fingerprint density at radius 1 is 1.29 bits per heavy atom. The first-order chi connectivity index (χ1) is 11.3. The minimum Gasteiger partial charge on any atom is -0.364 e. The molecule has 0 atom stereocenters. The summed E-state index contributed by atoms with van der Waals surface area (Å²) in [6.45, 7) is 5.93. The smallest absolute Gasteiger partial charge is 0.191 e. The van der Waals surface area contributed by atoms with Gasteiger partial charge in [0.2, 0.25) is 0 Å². The topological polar surface area (TPSA) is 65.7 Å². The molecule has 24 heavy (non-hydrogen) atoms. The molecule has 3 rings (SSSR count). The van der Waals surface area contributed by atoms with Gasteiger partial charge in [-0.25, -0.2) is 4.99 Å². The van der Waals surface area contributed by atoms with Crippen LogP contribution in [0.4, 0.5) is 0 Å². The van der Waals surface area contributed by atoms with Crippen molar-refractivity contribution in [2.75, 3.05) is 19.6 Å². The summed E-state index contributed by atoms with van der Waals surface area (Å²) in [5.41, 5.74) is 0.859. The van der Waals surface area contributed by atoms with E-state index in [4.69, 9.17) is 4.52 Å². The molecule has 0 aromatic carbocycles. The van der Waals surface area contributed by atoms with Gasteiger partial charge in [0.1, 0.15) is 12.0 Å². The molecule has 0 unspecified atom stereocenters. The molecule has 7 heteroatoms. The molecule has 1 aromatic rings. The molecule has 1 aromatic heterocycles. The zero-order valence-corrected chi connectivity index (χ0v) is 16.9. The number of nitrogens with zero attached hydrogens (tertiary/aromatic N) is 3. The van der Waals surface area contributed by atoms with Crippen LogP contribution in [0, 0.1) is 0 Å². The molecule has 2 N–H and O–H groups in total. The van der Waals surface area contributed by atoms with E-state index in [0.29, 0.717) is 12.6 Å². The average molecular weight is 447 g/mol. The third-order valence-corrected chi connectivity index (χ3v) is 4.95. The Morgan fingerprint density at radius 3 is 2.67 bits per heavy atom. The van der Waals surface area contributed by atoms with E-state index in [-0.39, 0.29) is 24.0 Å². The Labute approximate surface area is 161 Å². The molecule has 1 saturated carbocycles. The van der Waals surface area contributed by atoms with Crippen LogP contribution in [-0.4, -0.2) is 47.7 Å². The van der Waals surface area contributed by atoms with Gasteiger partial charge in [0, 0.05) is 37.8 Å². The summed E-state index contributed by atoms with van der Waals surface area (Å²) >= 11 is 0. The number of aliphatic imine (C=N–C) groups is 1. The average Bonchev–Trinajstić information content (AvgIpc) is 3.27. The molecule has 0 amide bonds. The van der Waals surface area contributed by atoms with Gasteiger partial charge in [0.25, 0.3) is 0 Å². The molecular formula is C17H30IN5O. The van der Waals surface area contributed by atoms with Gasteiger partial charge in [-0.1, -0.05) is 18.0 Å². The van der Waals surface area contributed by atoms with Crippen molar-refractivity contribution < 1.29 is 4.52 Å². The number of aromatic nitrogens is 1. The summed E-state index contributed by atoms with van der Waals surface area (Å²) in [4.78, 5) is 7.30. The molecule has 0 bridgehead atoms. The number of rotatable bonds is 5. The lowest BCUT2D eigenvalue weighted by molar-refractivity contribution is 0.150. The van der Waals surface area contributed by atoms with E-state index in [9.17, 15) is 0 Å². The van der Waals surface area contributed by atoms with E-state index in [2.05, 4.69) is 32.6 Å². The van der Waals surface area contributed by atoms with E-state index < -0.39 is 0 Å². The molecule has 0 spiro atoms. The van der Waals surface area contributed by atoms with Crippen LogP contribution in [0.25, 0.3) is 0 Å². The SMILES string of the molecule is CCNC(=NCc1ccon1)NC1CCN(C2CCCC2)CC1.I. The molecule has 2 heterocycles. The second-order valence-electron chi connectivity index (χ2n) is 6.58. The number of likely N-dealkylation sites (tertiary alicyclic amines) is 1. The highest BCUT2D eigenvalue weighted by Crippen LogP contribution is 2.26. The first-order valence-electron chi connectivity index (χ1n) is 9.03. The Balaban J connectivity index is 0.00000208. The van der Waals surface area contributed by atoms with Crippen LogP contribution in [-0.2, 0) is 6.54 Å². The fourth-order valence-corrected chi connectivity index (χ4v) is 3.67. The fourth-order valence-electron chi connectivity index (χ4n) is 3.67. The third kappa shape index (κ3) is 5.61. The lowest BCUT2D eigenvalue weighted by atomic mass is 10.0. The summed E-state index contributed by atoms with van der Waals surface area (Å²) in [6.07, 6.45) is 9.63. The van der Waals surface area contributed by atoms with E-state index in [1.165, 1.54) is 51.6 Å². The third-order valence-electron chi connectivity index (χ3n) is 4.95. The Kier molecular flexibility index (Phi) is 8.31. The van der Waals surface area contributed by atoms with E-state index in [1.807, 2.05) is 6.07 Å². The van der Waals surface area contributed by atoms with Gasteiger partial charge in [-0.3, -0.25) is 0 Å². The predicted octanol–water partition coefficient (Wildman–Crippen LogP) is 2.75. The lowest BCUT2D eigenvalue weighted by Crippen LogP contribution is -2.50. The van der Waals surface area contributed by atoms with Gasteiger partial charge in [0.05, 0.1) is 6.54 Å². The van der Waals surface area contributed by atoms with Crippen LogP contribution >= 0.6 is 24.0 Å². The van der Waals surface area contributed by atoms with Crippen molar-refractivity contribution in [3.05, 3.63) is 18.0 Å². The van der Waals surface area contributed by atoms with Crippen molar-refractivity contribution >= 4 is 29.9 Å². The number of hydrogen-bond donors (Lipinski definition) is 2. The minimum atomic E-state index is 0. The summed E-state index contributed by atoms with van der Waals surface area (Å²) in [5.74, 6) is 0.884. The van der Waals surface area contributed by atoms with Crippen molar-refractivity contribution in [3.63, 3.8) is 0 Å². The Hall–Kier alpha value is -0.830. The maximum absolute atomic E-state index is 4.85.